The monoisotopic (exact) mass is 230 g/mol. The summed E-state index contributed by atoms with van der Waals surface area (Å²) in [6.07, 6.45) is 1.47. The molecule has 0 aliphatic heterocycles. The lowest BCUT2D eigenvalue weighted by molar-refractivity contribution is 0.486. The summed E-state index contributed by atoms with van der Waals surface area (Å²) in [7, 11) is -2.00. The molecule has 0 bridgehead atoms. The number of hydrogen-bond donors (Lipinski definition) is 2. The van der Waals surface area contributed by atoms with Crippen LogP contribution in [-0.4, -0.2) is 31.3 Å². The van der Waals surface area contributed by atoms with Crippen molar-refractivity contribution in [2.24, 2.45) is 5.84 Å². The molecular weight excluding hydrogens is 216 g/mol. The third-order valence-electron chi connectivity index (χ3n) is 2.04. The molecule has 6 nitrogen and oxygen atoms in total. The molecule has 1 rings (SSSR count). The van der Waals surface area contributed by atoms with E-state index in [0.29, 0.717) is 6.54 Å². The number of nitrogen functional groups attached to an aromatic ring is 1. The van der Waals surface area contributed by atoms with Gasteiger partial charge in [0, 0.05) is 19.8 Å². The van der Waals surface area contributed by atoms with Crippen LogP contribution in [0.4, 0.5) is 5.82 Å². The number of hydrogen-bond acceptors (Lipinski definition) is 5. The molecular formula is C8H14N4O2S. The summed E-state index contributed by atoms with van der Waals surface area (Å²) in [5.41, 5.74) is 2.26. The van der Waals surface area contributed by atoms with Crippen LogP contribution in [0.15, 0.2) is 23.2 Å². The molecule has 0 saturated carbocycles. The number of rotatable bonds is 4. The minimum absolute atomic E-state index is 0.0804. The molecule has 0 radical (unpaired) electrons. The van der Waals surface area contributed by atoms with E-state index in [9.17, 15) is 8.42 Å². The third kappa shape index (κ3) is 2.25. The van der Waals surface area contributed by atoms with Gasteiger partial charge in [-0.15, -0.1) is 0 Å². The molecule has 1 aromatic rings. The zero-order chi connectivity index (χ0) is 11.5. The number of nitrogens with zero attached hydrogens (tertiary/aromatic N) is 2. The summed E-state index contributed by atoms with van der Waals surface area (Å²) >= 11 is 0. The fourth-order valence-electron chi connectivity index (χ4n) is 1.04. The Kier molecular flexibility index (Phi) is 3.61. The summed E-state index contributed by atoms with van der Waals surface area (Å²) < 4.78 is 25.1. The highest BCUT2D eigenvalue weighted by Gasteiger charge is 2.22. The first-order chi connectivity index (χ1) is 7.04. The van der Waals surface area contributed by atoms with Crippen molar-refractivity contribution in [2.45, 2.75) is 11.8 Å². The van der Waals surface area contributed by atoms with Crippen LogP contribution in [0.5, 0.6) is 0 Å². The van der Waals surface area contributed by atoms with Gasteiger partial charge in [0.25, 0.3) is 0 Å². The summed E-state index contributed by atoms with van der Waals surface area (Å²) in [4.78, 5) is 3.92. The van der Waals surface area contributed by atoms with Gasteiger partial charge in [-0.1, -0.05) is 6.92 Å². The first-order valence-corrected chi connectivity index (χ1v) is 5.86. The van der Waals surface area contributed by atoms with Gasteiger partial charge in [0.1, 0.15) is 4.90 Å². The van der Waals surface area contributed by atoms with Crippen molar-refractivity contribution in [3.05, 3.63) is 18.3 Å². The molecule has 0 spiro atoms. The van der Waals surface area contributed by atoms with E-state index in [0.717, 1.165) is 0 Å². The molecule has 15 heavy (non-hydrogen) atoms. The van der Waals surface area contributed by atoms with Crippen LogP contribution in [0.1, 0.15) is 6.92 Å². The zero-order valence-electron chi connectivity index (χ0n) is 8.64. The molecule has 0 saturated heterocycles. The van der Waals surface area contributed by atoms with Crippen molar-refractivity contribution in [3.8, 4) is 0 Å². The van der Waals surface area contributed by atoms with Gasteiger partial charge in [0.15, 0.2) is 5.82 Å². The van der Waals surface area contributed by atoms with E-state index in [-0.39, 0.29) is 10.7 Å². The maximum Gasteiger partial charge on any atom is 0.246 e. The van der Waals surface area contributed by atoms with E-state index in [1.165, 1.54) is 23.6 Å². The van der Waals surface area contributed by atoms with Gasteiger partial charge in [0.05, 0.1) is 0 Å². The van der Waals surface area contributed by atoms with Crippen LogP contribution in [0.3, 0.4) is 0 Å². The topological polar surface area (TPSA) is 88.3 Å². The standard InChI is InChI=1S/C8H14N4O2S/c1-3-12(2)15(13,14)7-5-4-6-10-8(7)11-9/h4-6H,3,9H2,1-2H3,(H,10,11). The molecule has 0 fully saturated rings. The Morgan fingerprint density at radius 2 is 2.27 bits per heavy atom. The fourth-order valence-corrected chi connectivity index (χ4v) is 2.33. The molecule has 0 atom stereocenters. The van der Waals surface area contributed by atoms with E-state index in [1.807, 2.05) is 0 Å². The molecule has 0 aliphatic carbocycles. The maximum atomic E-state index is 11.9. The lowest BCUT2D eigenvalue weighted by Crippen LogP contribution is -2.28. The molecule has 1 heterocycles. The van der Waals surface area contributed by atoms with Crippen LogP contribution in [0.2, 0.25) is 0 Å². The second-order valence-electron chi connectivity index (χ2n) is 2.91. The average molecular weight is 230 g/mol. The Morgan fingerprint density at radius 3 is 2.80 bits per heavy atom. The maximum absolute atomic E-state index is 11.9. The number of aromatic nitrogens is 1. The van der Waals surface area contributed by atoms with Gasteiger partial charge in [-0.2, -0.15) is 0 Å². The predicted molar refractivity (Wildman–Crippen MR) is 57.5 cm³/mol. The molecule has 84 valence electrons. The highest BCUT2D eigenvalue weighted by Crippen LogP contribution is 2.20. The largest absolute Gasteiger partial charge is 0.307 e. The number of sulfonamides is 1. The highest BCUT2D eigenvalue weighted by atomic mass is 32.2. The lowest BCUT2D eigenvalue weighted by Gasteiger charge is -2.16. The molecule has 0 aliphatic rings. The SMILES string of the molecule is CCN(C)S(=O)(=O)c1cccnc1NN. The molecule has 7 heteroatoms. The Bertz CT molecular complexity index is 432. The van der Waals surface area contributed by atoms with Crippen LogP contribution in [0.25, 0.3) is 0 Å². The van der Waals surface area contributed by atoms with Gasteiger partial charge >= 0.3 is 0 Å². The third-order valence-corrected chi connectivity index (χ3v) is 4.01. The molecule has 0 amide bonds. The minimum atomic E-state index is -3.50. The molecule has 0 aromatic carbocycles. The van der Waals surface area contributed by atoms with E-state index < -0.39 is 10.0 Å². The van der Waals surface area contributed by atoms with Gasteiger partial charge in [-0.25, -0.2) is 23.5 Å². The van der Waals surface area contributed by atoms with Crippen LogP contribution >= 0.6 is 0 Å². The van der Waals surface area contributed by atoms with Crippen molar-refractivity contribution in [1.29, 1.82) is 0 Å². The Balaban J connectivity index is 3.27. The smallest absolute Gasteiger partial charge is 0.246 e. The number of hydrazine groups is 1. The number of pyridine rings is 1. The van der Waals surface area contributed by atoms with Gasteiger partial charge in [0.2, 0.25) is 10.0 Å². The summed E-state index contributed by atoms with van der Waals surface area (Å²) in [6, 6.07) is 3.01. The highest BCUT2D eigenvalue weighted by molar-refractivity contribution is 7.89. The van der Waals surface area contributed by atoms with Crippen LogP contribution < -0.4 is 11.3 Å². The van der Waals surface area contributed by atoms with Crippen LogP contribution in [0, 0.1) is 0 Å². The number of nitrogens with two attached hydrogens (primary N) is 1. The van der Waals surface area contributed by atoms with Crippen LogP contribution in [-0.2, 0) is 10.0 Å². The Labute approximate surface area is 89.1 Å². The number of nitrogens with one attached hydrogen (secondary N) is 1. The van der Waals surface area contributed by atoms with E-state index in [4.69, 9.17) is 5.84 Å². The normalized spacial score (nSPS) is 11.7. The first-order valence-electron chi connectivity index (χ1n) is 4.42. The van der Waals surface area contributed by atoms with Gasteiger partial charge in [-0.05, 0) is 12.1 Å². The van der Waals surface area contributed by atoms with Gasteiger partial charge in [-0.3, -0.25) is 0 Å². The molecule has 0 unspecified atom stereocenters. The van der Waals surface area contributed by atoms with E-state index in [2.05, 4.69) is 10.4 Å². The van der Waals surface area contributed by atoms with Crippen molar-refractivity contribution >= 4 is 15.8 Å². The van der Waals surface area contributed by atoms with E-state index >= 15 is 0 Å². The minimum Gasteiger partial charge on any atom is -0.307 e. The van der Waals surface area contributed by atoms with E-state index in [1.54, 1.807) is 13.0 Å². The predicted octanol–water partition coefficient (Wildman–Crippen LogP) is 0.00760. The average Bonchev–Trinajstić information content (AvgIpc) is 2.27. The van der Waals surface area contributed by atoms with Crippen molar-refractivity contribution in [2.75, 3.05) is 19.0 Å². The quantitative estimate of drug-likeness (QED) is 0.562. The lowest BCUT2D eigenvalue weighted by atomic mass is 10.5. The van der Waals surface area contributed by atoms with Crippen molar-refractivity contribution < 1.29 is 8.42 Å². The van der Waals surface area contributed by atoms with Crippen molar-refractivity contribution in [3.63, 3.8) is 0 Å². The second kappa shape index (κ2) is 4.56. The summed E-state index contributed by atoms with van der Waals surface area (Å²) in [6.45, 7) is 2.14. The second-order valence-corrected chi connectivity index (χ2v) is 4.93. The molecule has 1 aromatic heterocycles. The Morgan fingerprint density at radius 1 is 1.60 bits per heavy atom. The Hall–Kier alpha value is -1.18. The van der Waals surface area contributed by atoms with Crippen molar-refractivity contribution in [1.82, 2.24) is 9.29 Å². The fraction of sp³-hybridized carbons (Fsp3) is 0.375. The summed E-state index contributed by atoms with van der Waals surface area (Å²) in [5.74, 6) is 5.34. The first kappa shape index (κ1) is 11.9. The van der Waals surface area contributed by atoms with Gasteiger partial charge < -0.3 is 5.43 Å². The molecule has 3 N–H and O–H groups in total. The summed E-state index contributed by atoms with van der Waals surface area (Å²) in [5, 5.41) is 0. The zero-order valence-corrected chi connectivity index (χ0v) is 9.45. The number of anilines is 1.